The van der Waals surface area contributed by atoms with Crippen LogP contribution in [-0.2, 0) is 6.42 Å². The Labute approximate surface area is 129 Å². The normalized spacial score (nSPS) is 11.3. The zero-order valence-corrected chi connectivity index (χ0v) is 12.4. The van der Waals surface area contributed by atoms with Crippen molar-refractivity contribution in [3.8, 4) is 5.75 Å². The second-order valence-electron chi connectivity index (χ2n) is 5.12. The quantitative estimate of drug-likeness (QED) is 0.662. The molecule has 0 amide bonds. The first-order valence-electron chi connectivity index (χ1n) is 7.35. The Morgan fingerprint density at radius 3 is 2.59 bits per heavy atom. The van der Waals surface area contributed by atoms with Crippen molar-refractivity contribution in [2.75, 3.05) is 0 Å². The molecule has 4 heteroatoms. The fourth-order valence-corrected chi connectivity index (χ4v) is 2.36. The van der Waals surface area contributed by atoms with E-state index in [-0.39, 0.29) is 5.75 Å². The topological polar surface area (TPSA) is 57.8 Å². The van der Waals surface area contributed by atoms with Crippen LogP contribution in [0.15, 0.2) is 65.0 Å². The number of phenolic OH excluding ortho intramolecular Hbond substituents is 1. The summed E-state index contributed by atoms with van der Waals surface area (Å²) in [6, 6.07) is 15.1. The van der Waals surface area contributed by atoms with E-state index in [0.29, 0.717) is 11.2 Å². The van der Waals surface area contributed by atoms with E-state index in [1.807, 2.05) is 24.3 Å². The molecule has 0 aliphatic rings. The zero-order valence-electron chi connectivity index (χ0n) is 12.4. The lowest BCUT2D eigenvalue weighted by atomic mass is 10.1. The number of rotatable bonds is 4. The largest absolute Gasteiger partial charge is 0.506 e. The van der Waals surface area contributed by atoms with Crippen LogP contribution >= 0.6 is 0 Å². The molecule has 1 aromatic heterocycles. The number of phenols is 1. The van der Waals surface area contributed by atoms with Crippen molar-refractivity contribution in [1.29, 1.82) is 0 Å². The monoisotopic (exact) mass is 291 g/mol. The molecule has 1 heterocycles. The van der Waals surface area contributed by atoms with Crippen LogP contribution in [0.5, 0.6) is 5.75 Å². The smallest absolute Gasteiger partial charge is 0.141 e. The van der Waals surface area contributed by atoms with Crippen LogP contribution in [0.1, 0.15) is 18.9 Å². The molecule has 0 aliphatic heterocycles. The van der Waals surface area contributed by atoms with E-state index in [1.165, 1.54) is 5.56 Å². The molecule has 3 rings (SSSR count). The van der Waals surface area contributed by atoms with Gasteiger partial charge >= 0.3 is 0 Å². The Bertz CT molecular complexity index is 810. The summed E-state index contributed by atoms with van der Waals surface area (Å²) < 4.78 is 0. The van der Waals surface area contributed by atoms with Crippen LogP contribution in [0, 0.1) is 0 Å². The van der Waals surface area contributed by atoms with E-state index in [0.717, 1.165) is 23.9 Å². The lowest BCUT2D eigenvalue weighted by Crippen LogP contribution is -1.80. The highest BCUT2D eigenvalue weighted by Gasteiger charge is 2.05. The van der Waals surface area contributed by atoms with Gasteiger partial charge in [-0.05, 0) is 48.4 Å². The van der Waals surface area contributed by atoms with Crippen LogP contribution in [-0.4, -0.2) is 10.1 Å². The first kappa shape index (κ1) is 14.2. The number of benzene rings is 2. The molecule has 0 atom stereocenters. The van der Waals surface area contributed by atoms with Gasteiger partial charge in [-0.25, -0.2) is 0 Å². The Morgan fingerprint density at radius 2 is 1.82 bits per heavy atom. The van der Waals surface area contributed by atoms with Gasteiger partial charge in [0.1, 0.15) is 11.3 Å². The highest BCUT2D eigenvalue weighted by atomic mass is 16.3. The number of hydrogen-bond acceptors (Lipinski definition) is 4. The van der Waals surface area contributed by atoms with Gasteiger partial charge < -0.3 is 5.11 Å². The van der Waals surface area contributed by atoms with Crippen LogP contribution in [0.4, 0.5) is 11.4 Å². The second kappa shape index (κ2) is 6.35. The Balaban J connectivity index is 1.91. The maximum atomic E-state index is 9.83. The molecule has 0 unspecified atom stereocenters. The third kappa shape index (κ3) is 2.96. The molecule has 3 aromatic rings. The van der Waals surface area contributed by atoms with Crippen molar-refractivity contribution in [1.82, 2.24) is 4.98 Å². The number of fused-ring (bicyclic) bond motifs is 1. The first-order chi connectivity index (χ1) is 10.8. The van der Waals surface area contributed by atoms with E-state index >= 15 is 0 Å². The number of aromatic hydroxyl groups is 1. The summed E-state index contributed by atoms with van der Waals surface area (Å²) in [4.78, 5) is 4.18. The summed E-state index contributed by atoms with van der Waals surface area (Å²) in [6.45, 7) is 2.16. The lowest BCUT2D eigenvalue weighted by molar-refractivity contribution is 0.480. The summed E-state index contributed by atoms with van der Waals surface area (Å²) in [6.07, 6.45) is 3.86. The molecule has 0 radical (unpaired) electrons. The molecule has 0 spiro atoms. The van der Waals surface area contributed by atoms with Crippen molar-refractivity contribution < 1.29 is 5.11 Å². The van der Waals surface area contributed by atoms with Crippen molar-refractivity contribution >= 4 is 22.3 Å². The zero-order chi connectivity index (χ0) is 15.4. The second-order valence-corrected chi connectivity index (χ2v) is 5.12. The maximum Gasteiger partial charge on any atom is 0.141 e. The van der Waals surface area contributed by atoms with Crippen LogP contribution < -0.4 is 0 Å². The molecule has 0 saturated heterocycles. The Kier molecular flexibility index (Phi) is 4.10. The van der Waals surface area contributed by atoms with Crippen molar-refractivity contribution in [2.24, 2.45) is 10.2 Å². The third-order valence-electron chi connectivity index (χ3n) is 3.47. The van der Waals surface area contributed by atoms with Gasteiger partial charge in [-0.15, -0.1) is 5.11 Å². The predicted octanol–water partition coefficient (Wildman–Crippen LogP) is 5.31. The van der Waals surface area contributed by atoms with Gasteiger partial charge in [0.25, 0.3) is 0 Å². The average molecular weight is 291 g/mol. The number of aromatic nitrogens is 1. The molecule has 0 fully saturated rings. The minimum atomic E-state index is 0.151. The van der Waals surface area contributed by atoms with E-state index in [4.69, 9.17) is 0 Å². The van der Waals surface area contributed by atoms with Gasteiger partial charge in [0.15, 0.2) is 0 Å². The lowest BCUT2D eigenvalue weighted by Gasteiger charge is -2.02. The minimum absolute atomic E-state index is 0.151. The van der Waals surface area contributed by atoms with Gasteiger partial charge in [-0.1, -0.05) is 25.5 Å². The Hall–Kier alpha value is -2.75. The van der Waals surface area contributed by atoms with E-state index in [1.54, 1.807) is 18.3 Å². The van der Waals surface area contributed by atoms with Crippen LogP contribution in [0.25, 0.3) is 10.9 Å². The molecule has 2 aromatic carbocycles. The van der Waals surface area contributed by atoms with E-state index < -0.39 is 0 Å². The molecule has 110 valence electrons. The van der Waals surface area contributed by atoms with Gasteiger partial charge in [0.2, 0.25) is 0 Å². The first-order valence-corrected chi connectivity index (χ1v) is 7.35. The minimum Gasteiger partial charge on any atom is -0.506 e. The van der Waals surface area contributed by atoms with E-state index in [2.05, 4.69) is 34.3 Å². The summed E-state index contributed by atoms with van der Waals surface area (Å²) in [5, 5.41) is 19.2. The van der Waals surface area contributed by atoms with Crippen molar-refractivity contribution in [2.45, 2.75) is 19.8 Å². The van der Waals surface area contributed by atoms with Gasteiger partial charge in [-0.3, -0.25) is 4.98 Å². The molecule has 0 saturated carbocycles. The van der Waals surface area contributed by atoms with Gasteiger partial charge in [0.05, 0.1) is 11.4 Å². The molecular weight excluding hydrogens is 274 g/mol. The summed E-state index contributed by atoms with van der Waals surface area (Å²) in [5.74, 6) is 0.151. The van der Waals surface area contributed by atoms with E-state index in [9.17, 15) is 5.11 Å². The maximum absolute atomic E-state index is 9.83. The number of pyridine rings is 1. The molecule has 0 aliphatic carbocycles. The highest BCUT2D eigenvalue weighted by Crippen LogP contribution is 2.31. The SMILES string of the molecule is CCCc1ccc(N=Nc2ccc(O)c3ncccc23)cc1. The molecule has 1 N–H and O–H groups in total. The van der Waals surface area contributed by atoms with Crippen molar-refractivity contribution in [3.63, 3.8) is 0 Å². The number of aryl methyl sites for hydroxylation is 1. The number of hydrogen-bond donors (Lipinski definition) is 1. The summed E-state index contributed by atoms with van der Waals surface area (Å²) >= 11 is 0. The highest BCUT2D eigenvalue weighted by molar-refractivity contribution is 5.93. The molecular formula is C18H17N3O. The van der Waals surface area contributed by atoms with Crippen LogP contribution in [0.2, 0.25) is 0 Å². The average Bonchev–Trinajstić information content (AvgIpc) is 2.56. The van der Waals surface area contributed by atoms with Crippen molar-refractivity contribution in [3.05, 3.63) is 60.3 Å². The number of nitrogens with zero attached hydrogens (tertiary/aromatic N) is 3. The standard InChI is InChI=1S/C18H17N3O/c1-2-4-13-6-8-14(9-7-13)20-21-16-10-11-17(22)18-15(16)5-3-12-19-18/h3,5-12,22H,2,4H2,1H3. The summed E-state index contributed by atoms with van der Waals surface area (Å²) in [5.41, 5.74) is 3.35. The molecule has 22 heavy (non-hydrogen) atoms. The molecule has 0 bridgehead atoms. The molecule has 4 nitrogen and oxygen atoms in total. The predicted molar refractivity (Wildman–Crippen MR) is 88.0 cm³/mol. The Morgan fingerprint density at radius 1 is 1.00 bits per heavy atom. The summed E-state index contributed by atoms with van der Waals surface area (Å²) in [7, 11) is 0. The third-order valence-corrected chi connectivity index (χ3v) is 3.47. The fraction of sp³-hybridized carbons (Fsp3) is 0.167. The van der Waals surface area contributed by atoms with Gasteiger partial charge in [0, 0.05) is 11.6 Å². The fourth-order valence-electron chi connectivity index (χ4n) is 2.36. The number of azo groups is 1. The van der Waals surface area contributed by atoms with Crippen LogP contribution in [0.3, 0.4) is 0 Å². The van der Waals surface area contributed by atoms with Gasteiger partial charge in [-0.2, -0.15) is 5.11 Å².